The molecule has 0 unspecified atom stereocenters. The van der Waals surface area contributed by atoms with Crippen LogP contribution in [0.2, 0.25) is 0 Å². The number of rotatable bonds is 4. The SMILES string of the molecule is Cc1ccc(COc2nsnc2-c2cncnc2)cc1. The highest BCUT2D eigenvalue weighted by molar-refractivity contribution is 6.99. The summed E-state index contributed by atoms with van der Waals surface area (Å²) in [4.78, 5) is 7.96. The molecule has 1 aromatic carbocycles. The van der Waals surface area contributed by atoms with Crippen LogP contribution in [0.15, 0.2) is 43.0 Å². The van der Waals surface area contributed by atoms with Crippen molar-refractivity contribution in [3.05, 3.63) is 54.1 Å². The Labute approximate surface area is 120 Å². The van der Waals surface area contributed by atoms with Gasteiger partial charge in [0.15, 0.2) is 5.69 Å². The van der Waals surface area contributed by atoms with Gasteiger partial charge in [-0.15, -0.1) is 4.37 Å². The molecule has 0 aliphatic carbocycles. The van der Waals surface area contributed by atoms with Crippen molar-refractivity contribution in [3.63, 3.8) is 0 Å². The fourth-order valence-corrected chi connectivity index (χ4v) is 2.23. The van der Waals surface area contributed by atoms with Crippen LogP contribution in [0.5, 0.6) is 5.88 Å². The summed E-state index contributed by atoms with van der Waals surface area (Å²) in [6.07, 6.45) is 4.88. The van der Waals surface area contributed by atoms with Gasteiger partial charge in [0.1, 0.15) is 12.9 Å². The van der Waals surface area contributed by atoms with Crippen molar-refractivity contribution in [1.82, 2.24) is 18.7 Å². The molecule has 3 rings (SSSR count). The summed E-state index contributed by atoms with van der Waals surface area (Å²) >= 11 is 1.12. The smallest absolute Gasteiger partial charge is 0.254 e. The molecule has 2 heterocycles. The summed E-state index contributed by atoms with van der Waals surface area (Å²) in [5.41, 5.74) is 3.81. The first-order valence-corrected chi connectivity index (χ1v) is 6.82. The Hall–Kier alpha value is -2.34. The van der Waals surface area contributed by atoms with Gasteiger partial charge in [-0.05, 0) is 12.5 Å². The Balaban J connectivity index is 1.76. The van der Waals surface area contributed by atoms with Crippen LogP contribution in [-0.4, -0.2) is 18.7 Å². The van der Waals surface area contributed by atoms with Gasteiger partial charge in [0.2, 0.25) is 0 Å². The molecule has 100 valence electrons. The number of hydrogen-bond donors (Lipinski definition) is 0. The van der Waals surface area contributed by atoms with Gasteiger partial charge >= 0.3 is 0 Å². The maximum atomic E-state index is 5.74. The quantitative estimate of drug-likeness (QED) is 0.737. The summed E-state index contributed by atoms with van der Waals surface area (Å²) in [5, 5.41) is 0. The topological polar surface area (TPSA) is 60.8 Å². The minimum absolute atomic E-state index is 0.465. The van der Waals surface area contributed by atoms with Gasteiger partial charge < -0.3 is 4.74 Å². The first-order chi connectivity index (χ1) is 9.83. The summed E-state index contributed by atoms with van der Waals surface area (Å²) in [6, 6.07) is 8.20. The molecule has 0 atom stereocenters. The molecule has 0 radical (unpaired) electrons. The van der Waals surface area contributed by atoms with E-state index in [1.807, 2.05) is 12.1 Å². The van der Waals surface area contributed by atoms with E-state index < -0.39 is 0 Å². The average molecular weight is 284 g/mol. The Morgan fingerprint density at radius 3 is 2.55 bits per heavy atom. The molecule has 0 bridgehead atoms. The molecule has 6 heteroatoms. The minimum Gasteiger partial charge on any atom is -0.471 e. The predicted molar refractivity (Wildman–Crippen MR) is 76.4 cm³/mol. The van der Waals surface area contributed by atoms with E-state index >= 15 is 0 Å². The molecule has 0 amide bonds. The Kier molecular flexibility index (Phi) is 3.64. The van der Waals surface area contributed by atoms with Crippen molar-refractivity contribution < 1.29 is 4.74 Å². The molecule has 0 aliphatic heterocycles. The monoisotopic (exact) mass is 284 g/mol. The molecule has 2 aromatic heterocycles. The maximum absolute atomic E-state index is 5.74. The minimum atomic E-state index is 0.465. The molecule has 5 nitrogen and oxygen atoms in total. The summed E-state index contributed by atoms with van der Waals surface area (Å²) in [7, 11) is 0. The number of hydrogen-bond acceptors (Lipinski definition) is 6. The van der Waals surface area contributed by atoms with Gasteiger partial charge in [-0.1, -0.05) is 29.8 Å². The van der Waals surface area contributed by atoms with E-state index in [-0.39, 0.29) is 0 Å². The van der Waals surface area contributed by atoms with E-state index in [0.29, 0.717) is 18.2 Å². The van der Waals surface area contributed by atoms with Crippen LogP contribution in [0.25, 0.3) is 11.3 Å². The van der Waals surface area contributed by atoms with Crippen LogP contribution < -0.4 is 4.74 Å². The molecule has 0 saturated carbocycles. The normalized spacial score (nSPS) is 10.4. The third kappa shape index (κ3) is 2.80. The number of nitrogens with zero attached hydrogens (tertiary/aromatic N) is 4. The third-order valence-corrected chi connectivity index (χ3v) is 3.30. The highest BCUT2D eigenvalue weighted by atomic mass is 32.1. The van der Waals surface area contributed by atoms with Crippen LogP contribution >= 0.6 is 11.7 Å². The summed E-state index contributed by atoms with van der Waals surface area (Å²) < 4.78 is 14.2. The Bertz CT molecular complexity index is 682. The Morgan fingerprint density at radius 1 is 1.05 bits per heavy atom. The molecule has 0 fully saturated rings. The van der Waals surface area contributed by atoms with Crippen molar-refractivity contribution in [2.24, 2.45) is 0 Å². The molecule has 0 spiro atoms. The molecular formula is C14H12N4OS. The highest BCUT2D eigenvalue weighted by Crippen LogP contribution is 2.27. The second-order valence-electron chi connectivity index (χ2n) is 4.32. The first kappa shape index (κ1) is 12.7. The number of ether oxygens (including phenoxy) is 1. The van der Waals surface area contributed by atoms with Crippen molar-refractivity contribution in [1.29, 1.82) is 0 Å². The molecule has 0 saturated heterocycles. The average Bonchev–Trinajstić information content (AvgIpc) is 2.96. The summed E-state index contributed by atoms with van der Waals surface area (Å²) in [5.74, 6) is 0.519. The second-order valence-corrected chi connectivity index (χ2v) is 4.85. The van der Waals surface area contributed by atoms with E-state index in [4.69, 9.17) is 4.74 Å². The zero-order valence-electron chi connectivity index (χ0n) is 10.9. The van der Waals surface area contributed by atoms with Gasteiger partial charge in [-0.25, -0.2) is 9.97 Å². The molecule has 3 aromatic rings. The van der Waals surface area contributed by atoms with Crippen LogP contribution in [0.3, 0.4) is 0 Å². The molecule has 20 heavy (non-hydrogen) atoms. The fourth-order valence-electron chi connectivity index (χ4n) is 1.71. The van der Waals surface area contributed by atoms with E-state index in [1.165, 1.54) is 11.9 Å². The van der Waals surface area contributed by atoms with Crippen LogP contribution in [0.4, 0.5) is 0 Å². The fraction of sp³-hybridized carbons (Fsp3) is 0.143. The number of aromatic nitrogens is 4. The van der Waals surface area contributed by atoms with Gasteiger partial charge in [0, 0.05) is 18.0 Å². The van der Waals surface area contributed by atoms with Gasteiger partial charge in [-0.2, -0.15) is 4.37 Å². The standard InChI is InChI=1S/C14H12N4OS/c1-10-2-4-11(5-3-10)8-19-14-13(17-20-18-14)12-6-15-9-16-7-12/h2-7,9H,8H2,1H3. The van der Waals surface area contributed by atoms with E-state index in [1.54, 1.807) is 12.4 Å². The first-order valence-electron chi connectivity index (χ1n) is 6.09. The highest BCUT2D eigenvalue weighted by Gasteiger charge is 2.12. The van der Waals surface area contributed by atoms with Crippen molar-refractivity contribution in [2.75, 3.05) is 0 Å². The second kappa shape index (κ2) is 5.75. The third-order valence-electron chi connectivity index (χ3n) is 2.79. The predicted octanol–water partition coefficient (Wildman–Crippen LogP) is 2.88. The Morgan fingerprint density at radius 2 is 1.80 bits per heavy atom. The molecular weight excluding hydrogens is 272 g/mol. The van der Waals surface area contributed by atoms with Crippen LogP contribution in [0.1, 0.15) is 11.1 Å². The van der Waals surface area contributed by atoms with Crippen molar-refractivity contribution in [3.8, 4) is 17.1 Å². The van der Waals surface area contributed by atoms with Gasteiger partial charge in [-0.3, -0.25) is 0 Å². The van der Waals surface area contributed by atoms with Crippen LogP contribution in [-0.2, 0) is 6.61 Å². The lowest BCUT2D eigenvalue weighted by atomic mass is 10.2. The van der Waals surface area contributed by atoms with Crippen molar-refractivity contribution in [2.45, 2.75) is 13.5 Å². The lowest BCUT2D eigenvalue weighted by Gasteiger charge is -2.05. The lowest BCUT2D eigenvalue weighted by Crippen LogP contribution is -1.97. The summed E-state index contributed by atoms with van der Waals surface area (Å²) in [6.45, 7) is 2.52. The largest absolute Gasteiger partial charge is 0.471 e. The molecule has 0 N–H and O–H groups in total. The molecule has 0 aliphatic rings. The van der Waals surface area contributed by atoms with Crippen molar-refractivity contribution >= 4 is 11.7 Å². The number of benzene rings is 1. The zero-order chi connectivity index (χ0) is 13.8. The van der Waals surface area contributed by atoms with Gasteiger partial charge in [0.05, 0.1) is 11.7 Å². The van der Waals surface area contributed by atoms with Gasteiger partial charge in [0.25, 0.3) is 5.88 Å². The van der Waals surface area contributed by atoms with Crippen LogP contribution in [0, 0.1) is 6.92 Å². The van der Waals surface area contributed by atoms with E-state index in [0.717, 1.165) is 22.9 Å². The zero-order valence-corrected chi connectivity index (χ0v) is 11.7. The maximum Gasteiger partial charge on any atom is 0.254 e. The lowest BCUT2D eigenvalue weighted by molar-refractivity contribution is 0.298. The van der Waals surface area contributed by atoms with E-state index in [2.05, 4.69) is 37.8 Å². The van der Waals surface area contributed by atoms with E-state index in [9.17, 15) is 0 Å². The number of aryl methyl sites for hydroxylation is 1.